The summed E-state index contributed by atoms with van der Waals surface area (Å²) in [5, 5.41) is 5.80. The molecule has 2 rings (SSSR count). The number of aryl methyl sites for hydroxylation is 1. The molecule has 2 aromatic rings. The van der Waals surface area contributed by atoms with Crippen LogP contribution in [0.1, 0.15) is 55.4 Å². The van der Waals surface area contributed by atoms with Crippen molar-refractivity contribution in [1.29, 1.82) is 0 Å². The van der Waals surface area contributed by atoms with E-state index < -0.39 is 21.8 Å². The zero-order valence-corrected chi connectivity index (χ0v) is 19.9. The molecule has 1 atom stereocenters. The smallest absolute Gasteiger partial charge is 0.341 e. The first-order valence-electron chi connectivity index (χ1n) is 8.98. The van der Waals surface area contributed by atoms with E-state index in [0.717, 1.165) is 16.9 Å². The Morgan fingerprint density at radius 1 is 1.17 bits per heavy atom. The molecule has 0 radical (unpaired) electrons. The van der Waals surface area contributed by atoms with E-state index in [0.29, 0.717) is 16.0 Å². The molecular weight excluding hydrogens is 471 g/mol. The van der Waals surface area contributed by atoms with Gasteiger partial charge in [-0.2, -0.15) is 0 Å². The number of ketones is 1. The second-order valence-electron chi connectivity index (χ2n) is 6.44. The summed E-state index contributed by atoms with van der Waals surface area (Å²) in [6.45, 7) is 6.64. The van der Waals surface area contributed by atoms with Crippen LogP contribution in [-0.2, 0) is 4.74 Å². The van der Waals surface area contributed by atoms with Crippen LogP contribution < -0.4 is 10.6 Å². The van der Waals surface area contributed by atoms with Crippen molar-refractivity contribution in [3.63, 3.8) is 0 Å². The van der Waals surface area contributed by atoms with Crippen LogP contribution in [-0.4, -0.2) is 34.2 Å². The maximum absolute atomic E-state index is 12.7. The normalized spacial score (nSPS) is 12.2. The van der Waals surface area contributed by atoms with Gasteiger partial charge in [-0.25, -0.2) is 4.79 Å². The first-order valence-corrected chi connectivity index (χ1v) is 10.9. The van der Waals surface area contributed by atoms with Crippen LogP contribution in [0.25, 0.3) is 0 Å². The summed E-state index contributed by atoms with van der Waals surface area (Å²) < 4.78 is 3.15. The van der Waals surface area contributed by atoms with Crippen LogP contribution in [0.5, 0.6) is 0 Å². The molecule has 1 unspecified atom stereocenters. The zero-order chi connectivity index (χ0) is 22.6. The van der Waals surface area contributed by atoms with Crippen molar-refractivity contribution < 1.29 is 19.1 Å². The molecule has 0 aliphatic rings. The number of rotatable bonds is 7. The highest BCUT2D eigenvalue weighted by Crippen LogP contribution is 2.38. The average molecular weight is 492 g/mol. The first kappa shape index (κ1) is 24.5. The van der Waals surface area contributed by atoms with E-state index in [1.165, 1.54) is 6.92 Å². The Kier molecular flexibility index (Phi) is 8.16. The molecule has 1 aromatic heterocycles. The number of halogens is 3. The number of benzene rings is 1. The molecule has 0 saturated carbocycles. The molecular formula is C20H21Cl3N2O4S. The lowest BCUT2D eigenvalue weighted by Crippen LogP contribution is -2.49. The number of Topliss-reactive ketones (excluding diaryl/α,β-unsaturated/α-hetero) is 1. The van der Waals surface area contributed by atoms with Gasteiger partial charge in [-0.1, -0.05) is 53.0 Å². The van der Waals surface area contributed by atoms with Crippen LogP contribution >= 0.6 is 46.1 Å². The molecule has 30 heavy (non-hydrogen) atoms. The standard InChI is InChI=1S/C20H21Cl3N2O4S/c1-5-29-18(28)14-11(3)15(12(4)26)30-17(14)25-19(20(21,22)23)24-16(27)13-9-7-6-8-10(13)2/h6-9,19,25H,5H2,1-4H3,(H,24,27). The fourth-order valence-electron chi connectivity index (χ4n) is 2.77. The Balaban J connectivity index is 2.43. The Hall–Kier alpha value is -1.80. The van der Waals surface area contributed by atoms with E-state index in [-0.39, 0.29) is 23.0 Å². The van der Waals surface area contributed by atoms with Crippen molar-refractivity contribution >= 4 is 68.8 Å². The number of hydrogen-bond acceptors (Lipinski definition) is 6. The minimum Gasteiger partial charge on any atom is -0.462 e. The Morgan fingerprint density at radius 2 is 1.80 bits per heavy atom. The van der Waals surface area contributed by atoms with Gasteiger partial charge in [0.25, 0.3) is 5.91 Å². The van der Waals surface area contributed by atoms with Gasteiger partial charge in [0.1, 0.15) is 11.2 Å². The average Bonchev–Trinajstić information content (AvgIpc) is 2.97. The fourth-order valence-corrected chi connectivity index (χ4v) is 4.21. The Morgan fingerprint density at radius 3 is 2.33 bits per heavy atom. The molecule has 1 aromatic carbocycles. The molecule has 1 heterocycles. The van der Waals surface area contributed by atoms with E-state index in [9.17, 15) is 14.4 Å². The summed E-state index contributed by atoms with van der Waals surface area (Å²) in [5.74, 6) is -1.30. The van der Waals surface area contributed by atoms with Crippen LogP contribution in [0.4, 0.5) is 5.00 Å². The lowest BCUT2D eigenvalue weighted by atomic mass is 10.1. The highest BCUT2D eigenvalue weighted by atomic mass is 35.6. The van der Waals surface area contributed by atoms with Gasteiger partial charge in [-0.05, 0) is 44.9 Å². The van der Waals surface area contributed by atoms with Gasteiger partial charge in [0.05, 0.1) is 17.0 Å². The molecule has 0 aliphatic heterocycles. The quantitative estimate of drug-likeness (QED) is 0.238. The molecule has 2 N–H and O–H groups in total. The van der Waals surface area contributed by atoms with Gasteiger partial charge in [0.2, 0.25) is 3.79 Å². The number of anilines is 1. The van der Waals surface area contributed by atoms with Crippen molar-refractivity contribution in [2.75, 3.05) is 11.9 Å². The predicted molar refractivity (Wildman–Crippen MR) is 121 cm³/mol. The summed E-state index contributed by atoms with van der Waals surface area (Å²) in [5.41, 5.74) is 1.78. The number of hydrogen-bond donors (Lipinski definition) is 2. The summed E-state index contributed by atoms with van der Waals surface area (Å²) in [6, 6.07) is 6.96. The van der Waals surface area contributed by atoms with Gasteiger partial charge in [0, 0.05) is 5.56 Å². The number of esters is 1. The molecule has 162 valence electrons. The summed E-state index contributed by atoms with van der Waals surface area (Å²) in [7, 11) is 0. The summed E-state index contributed by atoms with van der Waals surface area (Å²) in [6.07, 6.45) is -1.19. The Labute approximate surface area is 193 Å². The molecule has 10 heteroatoms. The van der Waals surface area contributed by atoms with Crippen LogP contribution in [0.15, 0.2) is 24.3 Å². The van der Waals surface area contributed by atoms with Gasteiger partial charge >= 0.3 is 5.97 Å². The van der Waals surface area contributed by atoms with Crippen molar-refractivity contribution in [3.8, 4) is 0 Å². The molecule has 1 amide bonds. The largest absolute Gasteiger partial charge is 0.462 e. The van der Waals surface area contributed by atoms with E-state index in [1.54, 1.807) is 45.0 Å². The topological polar surface area (TPSA) is 84.5 Å². The first-order chi connectivity index (χ1) is 14.0. The third kappa shape index (κ3) is 5.66. The third-order valence-corrected chi connectivity index (χ3v) is 6.19. The minimum absolute atomic E-state index is 0.154. The second-order valence-corrected chi connectivity index (χ2v) is 9.83. The van der Waals surface area contributed by atoms with E-state index in [1.807, 2.05) is 0 Å². The fraction of sp³-hybridized carbons (Fsp3) is 0.350. The van der Waals surface area contributed by atoms with Gasteiger partial charge in [-0.15, -0.1) is 11.3 Å². The lowest BCUT2D eigenvalue weighted by molar-refractivity contribution is 0.0527. The number of nitrogens with one attached hydrogen (secondary N) is 2. The van der Waals surface area contributed by atoms with Crippen molar-refractivity contribution in [3.05, 3.63) is 51.4 Å². The van der Waals surface area contributed by atoms with Gasteiger partial charge in [-0.3, -0.25) is 9.59 Å². The lowest BCUT2D eigenvalue weighted by Gasteiger charge is -2.27. The van der Waals surface area contributed by atoms with Crippen LogP contribution in [0.3, 0.4) is 0 Å². The maximum atomic E-state index is 12.7. The van der Waals surface area contributed by atoms with Crippen LogP contribution in [0.2, 0.25) is 0 Å². The third-order valence-electron chi connectivity index (χ3n) is 4.21. The van der Waals surface area contributed by atoms with E-state index in [4.69, 9.17) is 39.5 Å². The predicted octanol–water partition coefficient (Wildman–Crippen LogP) is 5.28. The molecule has 0 fully saturated rings. The van der Waals surface area contributed by atoms with E-state index >= 15 is 0 Å². The van der Waals surface area contributed by atoms with Crippen LogP contribution in [0, 0.1) is 13.8 Å². The van der Waals surface area contributed by atoms with Crippen molar-refractivity contribution in [1.82, 2.24) is 5.32 Å². The highest BCUT2D eigenvalue weighted by Gasteiger charge is 2.36. The van der Waals surface area contributed by atoms with E-state index in [2.05, 4.69) is 10.6 Å². The molecule has 0 bridgehead atoms. The Bertz CT molecular complexity index is 969. The van der Waals surface area contributed by atoms with Crippen molar-refractivity contribution in [2.24, 2.45) is 0 Å². The number of thiophene rings is 1. The maximum Gasteiger partial charge on any atom is 0.341 e. The van der Waals surface area contributed by atoms with Crippen molar-refractivity contribution in [2.45, 2.75) is 37.7 Å². The number of carbonyl (C=O) groups excluding carboxylic acids is 3. The zero-order valence-electron chi connectivity index (χ0n) is 16.8. The number of ether oxygens (including phenoxy) is 1. The number of carbonyl (C=O) groups is 3. The SMILES string of the molecule is CCOC(=O)c1c(NC(NC(=O)c2ccccc2C)C(Cl)(Cl)Cl)sc(C(C)=O)c1C. The highest BCUT2D eigenvalue weighted by molar-refractivity contribution is 7.18. The second kappa shape index (κ2) is 10.0. The van der Waals surface area contributed by atoms with Gasteiger partial charge < -0.3 is 15.4 Å². The molecule has 0 saturated heterocycles. The monoisotopic (exact) mass is 490 g/mol. The molecule has 0 spiro atoms. The minimum atomic E-state index is -1.96. The van der Waals surface area contributed by atoms with Gasteiger partial charge in [0.15, 0.2) is 5.78 Å². The number of amides is 1. The number of alkyl halides is 3. The molecule has 0 aliphatic carbocycles. The summed E-state index contributed by atoms with van der Waals surface area (Å²) in [4.78, 5) is 37.6. The summed E-state index contributed by atoms with van der Waals surface area (Å²) >= 11 is 19.3. The molecule has 6 nitrogen and oxygen atoms in total.